The van der Waals surface area contributed by atoms with Crippen LogP contribution in [0.3, 0.4) is 0 Å². The number of aliphatic carboxylic acids is 1. The summed E-state index contributed by atoms with van der Waals surface area (Å²) in [5, 5.41) is 19.0. The number of imide groups is 2. The lowest BCUT2D eigenvalue weighted by molar-refractivity contribution is -0.141. The van der Waals surface area contributed by atoms with Gasteiger partial charge in [-0.05, 0) is 55.4 Å². The third-order valence-electron chi connectivity index (χ3n) is 9.53. The summed E-state index contributed by atoms with van der Waals surface area (Å²) < 4.78 is 5.90. The highest BCUT2D eigenvalue weighted by Crippen LogP contribution is 2.64. The van der Waals surface area contributed by atoms with Crippen molar-refractivity contribution in [2.75, 3.05) is 12.0 Å². The van der Waals surface area contributed by atoms with Crippen molar-refractivity contribution in [1.82, 2.24) is 9.80 Å². The molecule has 2 N–H and O–H groups in total. The molecule has 228 valence electrons. The number of benzene rings is 1. The number of carbonyl (C=O) groups excluding carboxylic acids is 4. The Hall–Kier alpha value is -2.89. The van der Waals surface area contributed by atoms with Crippen molar-refractivity contribution in [1.29, 1.82) is 0 Å². The van der Waals surface area contributed by atoms with Gasteiger partial charge < -0.3 is 14.9 Å². The highest BCUT2D eigenvalue weighted by molar-refractivity contribution is 9.09. The first kappa shape index (κ1) is 30.1. The molecule has 6 unspecified atom stereocenters. The fourth-order valence-corrected chi connectivity index (χ4v) is 9.01. The topological polar surface area (TPSA) is 142 Å². The molecule has 2 saturated heterocycles. The van der Waals surface area contributed by atoms with Crippen molar-refractivity contribution < 1.29 is 38.9 Å². The number of phenols is 1. The maximum atomic E-state index is 13.9. The van der Waals surface area contributed by atoms with Crippen LogP contribution in [0.4, 0.5) is 0 Å². The van der Waals surface area contributed by atoms with E-state index in [1.54, 1.807) is 12.1 Å². The van der Waals surface area contributed by atoms with Gasteiger partial charge >= 0.3 is 5.97 Å². The molecule has 4 amide bonds. The highest BCUT2D eigenvalue weighted by Gasteiger charge is 2.76. The van der Waals surface area contributed by atoms with Crippen LogP contribution < -0.4 is 4.74 Å². The molecule has 2 aliphatic carbocycles. The van der Waals surface area contributed by atoms with Crippen molar-refractivity contribution in [3.8, 4) is 11.5 Å². The van der Waals surface area contributed by atoms with Gasteiger partial charge in [0.05, 0.1) is 23.6 Å². The van der Waals surface area contributed by atoms with Gasteiger partial charge in [0.15, 0.2) is 9.75 Å². The van der Waals surface area contributed by atoms with Gasteiger partial charge in [0.2, 0.25) is 11.8 Å². The molecule has 1 aromatic carbocycles. The minimum absolute atomic E-state index is 0.0175. The van der Waals surface area contributed by atoms with E-state index in [1.165, 1.54) is 17.2 Å². The molecule has 0 bridgehead atoms. The second-order valence-electron chi connectivity index (χ2n) is 11.8. The predicted molar refractivity (Wildman–Crippen MR) is 157 cm³/mol. The number of alkyl halides is 3. The molecule has 5 aliphatic rings. The summed E-state index contributed by atoms with van der Waals surface area (Å²) in [5.74, 6) is -5.30. The number of hydrogen-bond acceptors (Lipinski definition) is 7. The number of carboxylic acids is 1. The summed E-state index contributed by atoms with van der Waals surface area (Å²) in [6.07, 6.45) is 5.26. The minimum atomic E-state index is -1.92. The lowest BCUT2D eigenvalue weighted by Gasteiger charge is -2.51. The van der Waals surface area contributed by atoms with Crippen LogP contribution in [0, 0.1) is 23.7 Å². The Balaban J connectivity index is 1.37. The van der Waals surface area contributed by atoms with Crippen molar-refractivity contribution in [2.24, 2.45) is 23.7 Å². The number of phenolic OH excluding ortho intramolecular Hbond substituents is 1. The number of hydrogen-bond donors (Lipinski definition) is 2. The standard InChI is InChI=1S/C30H29BrCl2N2O8/c31-14-35-27(41)29(32)12-20-18(6-7-19-23(20)26(40)34(25(19)39)9-3-1-2-4-22(37)38)24(30(29,33)28(35)42)16-10-15-11-17(36)5-8-21(15)43-13-16/h5-6,8,11,13,19-20,23-24,36H,1-4,7,9-10,12,14H2,(H,37,38). The Bertz CT molecular complexity index is 1510. The summed E-state index contributed by atoms with van der Waals surface area (Å²) in [6.45, 7) is 0.176. The summed E-state index contributed by atoms with van der Waals surface area (Å²) in [5.41, 5.74) is 1.78. The fraction of sp³-hybridized carbons (Fsp3) is 0.500. The van der Waals surface area contributed by atoms with Gasteiger partial charge in [-0.25, -0.2) is 0 Å². The fourth-order valence-electron chi connectivity index (χ4n) is 7.57. The van der Waals surface area contributed by atoms with Crippen LogP contribution in [0.15, 0.2) is 41.7 Å². The number of aromatic hydroxyl groups is 1. The van der Waals surface area contributed by atoms with Crippen molar-refractivity contribution >= 4 is 68.7 Å². The van der Waals surface area contributed by atoms with Crippen molar-refractivity contribution in [3.63, 3.8) is 0 Å². The van der Waals surface area contributed by atoms with Gasteiger partial charge in [-0.2, -0.15) is 0 Å². The van der Waals surface area contributed by atoms with Crippen LogP contribution in [-0.4, -0.2) is 71.4 Å². The first-order valence-corrected chi connectivity index (χ1v) is 16.1. The number of carbonyl (C=O) groups is 5. The summed E-state index contributed by atoms with van der Waals surface area (Å²) in [7, 11) is 0. The summed E-state index contributed by atoms with van der Waals surface area (Å²) in [6, 6.07) is 4.69. The van der Waals surface area contributed by atoms with Gasteiger partial charge in [-0.3, -0.25) is 33.8 Å². The lowest BCUT2D eigenvalue weighted by Crippen LogP contribution is -2.61. The molecule has 43 heavy (non-hydrogen) atoms. The third kappa shape index (κ3) is 4.44. The first-order valence-electron chi connectivity index (χ1n) is 14.2. The van der Waals surface area contributed by atoms with Gasteiger partial charge in [0.1, 0.15) is 11.5 Å². The molecule has 0 spiro atoms. The molecule has 3 aliphatic heterocycles. The zero-order valence-electron chi connectivity index (χ0n) is 22.9. The molecule has 6 rings (SSSR count). The van der Waals surface area contributed by atoms with E-state index in [4.69, 9.17) is 33.0 Å². The van der Waals surface area contributed by atoms with Gasteiger partial charge in [-0.1, -0.05) is 34.0 Å². The van der Waals surface area contributed by atoms with Crippen LogP contribution in [-0.2, 0) is 30.4 Å². The van der Waals surface area contributed by atoms with Crippen LogP contribution in [0.2, 0.25) is 0 Å². The largest absolute Gasteiger partial charge is 0.508 e. The molecule has 10 nitrogen and oxygen atoms in total. The molecule has 3 heterocycles. The molecule has 1 saturated carbocycles. The minimum Gasteiger partial charge on any atom is -0.508 e. The maximum absolute atomic E-state index is 13.9. The lowest BCUT2D eigenvalue weighted by atomic mass is 9.56. The molecular formula is C30H29BrCl2N2O8. The number of likely N-dealkylation sites (tertiary alicyclic amines) is 2. The first-order chi connectivity index (χ1) is 20.4. The SMILES string of the molecule is O=C(O)CCCCCN1C(=O)C2CC=C3C(CC4(Cl)C(=O)N(CBr)C(=O)C4(Cl)C3C3=COc4ccc(O)cc4C3)C2C1=O. The van der Waals surface area contributed by atoms with E-state index in [0.717, 1.165) is 4.90 Å². The van der Waals surface area contributed by atoms with E-state index in [-0.39, 0.29) is 55.2 Å². The smallest absolute Gasteiger partial charge is 0.303 e. The zero-order chi connectivity index (χ0) is 30.8. The van der Waals surface area contributed by atoms with Crippen LogP contribution in [0.1, 0.15) is 44.1 Å². The quantitative estimate of drug-likeness (QED) is 0.136. The second kappa shape index (κ2) is 10.9. The number of halogens is 3. The Morgan fingerprint density at radius 3 is 2.53 bits per heavy atom. The monoisotopic (exact) mass is 694 g/mol. The Morgan fingerprint density at radius 1 is 1.05 bits per heavy atom. The number of allylic oxidation sites excluding steroid dienone is 3. The van der Waals surface area contributed by atoms with Gasteiger partial charge in [-0.15, -0.1) is 23.2 Å². The molecule has 0 radical (unpaired) electrons. The maximum Gasteiger partial charge on any atom is 0.303 e. The van der Waals surface area contributed by atoms with E-state index < -0.39 is 51.2 Å². The van der Waals surface area contributed by atoms with E-state index in [0.29, 0.717) is 41.7 Å². The Labute approximate surface area is 265 Å². The van der Waals surface area contributed by atoms with E-state index >= 15 is 0 Å². The number of carboxylic acid groups (broad SMARTS) is 1. The van der Waals surface area contributed by atoms with E-state index in [1.807, 2.05) is 6.08 Å². The number of rotatable bonds is 8. The predicted octanol–water partition coefficient (Wildman–Crippen LogP) is 4.10. The average molecular weight is 696 g/mol. The van der Waals surface area contributed by atoms with Gasteiger partial charge in [0, 0.05) is 30.9 Å². The summed E-state index contributed by atoms with van der Waals surface area (Å²) in [4.78, 5) is 64.2. The van der Waals surface area contributed by atoms with Crippen LogP contribution >= 0.6 is 39.1 Å². The number of unbranched alkanes of at least 4 members (excludes halogenated alkanes) is 2. The molecular weight excluding hydrogens is 667 g/mol. The number of amides is 4. The molecule has 1 aromatic rings. The Kier molecular flexibility index (Phi) is 7.66. The third-order valence-corrected chi connectivity index (χ3v) is 11.4. The van der Waals surface area contributed by atoms with Crippen molar-refractivity contribution in [3.05, 3.63) is 47.2 Å². The molecule has 6 atom stereocenters. The number of fused-ring (bicyclic) bond motifs is 5. The number of ether oxygens (including phenoxy) is 1. The Morgan fingerprint density at radius 2 is 1.81 bits per heavy atom. The molecule has 3 fully saturated rings. The second-order valence-corrected chi connectivity index (χ2v) is 13.5. The number of nitrogens with zero attached hydrogens (tertiary/aromatic N) is 2. The molecule has 0 aromatic heterocycles. The van der Waals surface area contributed by atoms with Gasteiger partial charge in [0.25, 0.3) is 11.8 Å². The van der Waals surface area contributed by atoms with Crippen molar-refractivity contribution in [2.45, 2.75) is 54.7 Å². The zero-order valence-corrected chi connectivity index (χ0v) is 26.0. The normalized spacial score (nSPS) is 32.9. The van der Waals surface area contributed by atoms with Crippen LogP contribution in [0.5, 0.6) is 11.5 Å². The highest BCUT2D eigenvalue weighted by atomic mass is 79.9. The molecule has 13 heteroatoms. The van der Waals surface area contributed by atoms with E-state index in [2.05, 4.69) is 15.9 Å². The van der Waals surface area contributed by atoms with E-state index in [9.17, 15) is 29.1 Å². The average Bonchev–Trinajstić information content (AvgIpc) is 3.29. The summed E-state index contributed by atoms with van der Waals surface area (Å²) >= 11 is 17.7. The van der Waals surface area contributed by atoms with Crippen LogP contribution in [0.25, 0.3) is 0 Å².